The summed E-state index contributed by atoms with van der Waals surface area (Å²) >= 11 is 0. The fourth-order valence-corrected chi connectivity index (χ4v) is 5.53. The molecule has 4 aromatic rings. The minimum Gasteiger partial charge on any atom is -0.346 e. The van der Waals surface area contributed by atoms with E-state index >= 15 is 0 Å². The first-order valence-electron chi connectivity index (χ1n) is 13.1. The number of anilines is 1. The number of unbranched alkanes of at least 4 members (excludes halogenated alkanes) is 1. The lowest BCUT2D eigenvalue weighted by Gasteiger charge is -2.31. The van der Waals surface area contributed by atoms with Crippen LogP contribution in [0.15, 0.2) is 85.1 Å². The lowest BCUT2D eigenvalue weighted by atomic mass is 9.73. The standard InChI is InChI=1S/C31H29F3N4O2/c1-21-36-27(37-28(39)22-11-3-2-4-12-22)19-38(21)18-10-9-17-30(29(40)35-20-31(32,33)34)25-15-7-5-13-23(25)24-14-6-8-16-26(24)30/h2-8,11-16,19H,9-10,17-18,20H2,1H3,(H,35,40)(H,37,39). The number of hydrogen-bond acceptors (Lipinski definition) is 3. The summed E-state index contributed by atoms with van der Waals surface area (Å²) in [5, 5.41) is 4.98. The molecule has 40 heavy (non-hydrogen) atoms. The Hall–Kier alpha value is -4.40. The number of benzene rings is 3. The molecule has 2 N–H and O–H groups in total. The molecule has 0 saturated carbocycles. The Bertz CT molecular complexity index is 1480. The third-order valence-electron chi connectivity index (χ3n) is 7.36. The fraction of sp³-hybridized carbons (Fsp3) is 0.258. The largest absolute Gasteiger partial charge is 0.405 e. The van der Waals surface area contributed by atoms with Gasteiger partial charge in [-0.3, -0.25) is 9.59 Å². The number of nitrogens with zero attached hydrogens (tertiary/aromatic N) is 2. The highest BCUT2D eigenvalue weighted by atomic mass is 19.4. The van der Waals surface area contributed by atoms with Crippen molar-refractivity contribution in [2.75, 3.05) is 11.9 Å². The van der Waals surface area contributed by atoms with Gasteiger partial charge < -0.3 is 15.2 Å². The number of aromatic nitrogens is 2. The molecule has 0 atom stereocenters. The Morgan fingerprint density at radius 1 is 0.875 bits per heavy atom. The third kappa shape index (κ3) is 5.36. The van der Waals surface area contributed by atoms with E-state index in [1.54, 1.807) is 30.5 Å². The van der Waals surface area contributed by atoms with E-state index in [0.29, 0.717) is 37.2 Å². The number of nitrogens with one attached hydrogen (secondary N) is 2. The number of carbonyl (C=O) groups is 2. The van der Waals surface area contributed by atoms with Gasteiger partial charge in [0.25, 0.3) is 5.91 Å². The van der Waals surface area contributed by atoms with Crippen LogP contribution in [0, 0.1) is 6.92 Å². The summed E-state index contributed by atoms with van der Waals surface area (Å²) in [6, 6.07) is 23.7. The average molecular weight is 547 g/mol. The summed E-state index contributed by atoms with van der Waals surface area (Å²) in [7, 11) is 0. The molecule has 5 rings (SSSR count). The van der Waals surface area contributed by atoms with Crippen molar-refractivity contribution in [1.29, 1.82) is 0 Å². The maximum absolute atomic E-state index is 13.6. The van der Waals surface area contributed by atoms with Crippen molar-refractivity contribution < 1.29 is 22.8 Å². The first-order chi connectivity index (χ1) is 19.2. The summed E-state index contributed by atoms with van der Waals surface area (Å²) in [5.41, 5.74) is 2.48. The van der Waals surface area contributed by atoms with E-state index in [2.05, 4.69) is 15.6 Å². The smallest absolute Gasteiger partial charge is 0.346 e. The van der Waals surface area contributed by atoms with Gasteiger partial charge in [0.2, 0.25) is 5.91 Å². The molecule has 3 aromatic carbocycles. The summed E-state index contributed by atoms with van der Waals surface area (Å²) in [6.45, 7) is 1.03. The summed E-state index contributed by atoms with van der Waals surface area (Å²) in [5.74, 6) is 0.258. The normalized spacial score (nSPS) is 13.4. The number of alkyl halides is 3. The highest BCUT2D eigenvalue weighted by Gasteiger charge is 2.49. The van der Waals surface area contributed by atoms with Crippen molar-refractivity contribution in [3.8, 4) is 11.1 Å². The van der Waals surface area contributed by atoms with E-state index in [9.17, 15) is 22.8 Å². The van der Waals surface area contributed by atoms with Gasteiger partial charge in [-0.2, -0.15) is 13.2 Å². The van der Waals surface area contributed by atoms with E-state index < -0.39 is 24.0 Å². The van der Waals surface area contributed by atoms with Gasteiger partial charge in [-0.05, 0) is 60.6 Å². The van der Waals surface area contributed by atoms with Gasteiger partial charge in [-0.25, -0.2) is 4.98 Å². The molecule has 206 valence electrons. The monoisotopic (exact) mass is 546 g/mol. The number of halogens is 3. The van der Waals surface area contributed by atoms with Gasteiger partial charge in [-0.1, -0.05) is 66.7 Å². The fourth-order valence-electron chi connectivity index (χ4n) is 5.53. The highest BCUT2D eigenvalue weighted by Crippen LogP contribution is 2.51. The average Bonchev–Trinajstić information content (AvgIpc) is 3.44. The van der Waals surface area contributed by atoms with Crippen LogP contribution in [0.3, 0.4) is 0 Å². The van der Waals surface area contributed by atoms with E-state index in [1.165, 1.54) is 0 Å². The first-order valence-corrected chi connectivity index (χ1v) is 13.1. The van der Waals surface area contributed by atoms with Crippen LogP contribution in [0.25, 0.3) is 11.1 Å². The van der Waals surface area contributed by atoms with Gasteiger partial charge in [0, 0.05) is 18.3 Å². The molecular formula is C31H29F3N4O2. The molecule has 1 aliphatic rings. The summed E-state index contributed by atoms with van der Waals surface area (Å²) < 4.78 is 41.2. The third-order valence-corrected chi connectivity index (χ3v) is 7.36. The first kappa shape index (κ1) is 27.2. The number of aryl methyl sites for hydroxylation is 2. The zero-order chi connectivity index (χ0) is 28.3. The van der Waals surface area contributed by atoms with Gasteiger partial charge in [0.15, 0.2) is 5.82 Å². The molecule has 1 aliphatic carbocycles. The molecule has 0 unspecified atom stereocenters. The van der Waals surface area contributed by atoms with Crippen molar-refractivity contribution in [3.05, 3.63) is 108 Å². The number of imidazole rings is 1. The quantitative estimate of drug-likeness (QED) is 0.243. The van der Waals surface area contributed by atoms with E-state index in [-0.39, 0.29) is 5.91 Å². The topological polar surface area (TPSA) is 76.0 Å². The molecule has 2 amide bonds. The molecular weight excluding hydrogens is 517 g/mol. The van der Waals surface area contributed by atoms with Crippen molar-refractivity contribution >= 4 is 17.6 Å². The van der Waals surface area contributed by atoms with Crippen molar-refractivity contribution in [2.45, 2.75) is 44.3 Å². The van der Waals surface area contributed by atoms with Gasteiger partial charge >= 0.3 is 6.18 Å². The van der Waals surface area contributed by atoms with Crippen LogP contribution in [-0.2, 0) is 16.8 Å². The van der Waals surface area contributed by atoms with Gasteiger partial charge in [0.05, 0.1) is 0 Å². The number of rotatable bonds is 9. The Labute approximate surface area is 230 Å². The van der Waals surface area contributed by atoms with Crippen LogP contribution in [0.2, 0.25) is 0 Å². The second-order valence-electron chi connectivity index (χ2n) is 9.94. The van der Waals surface area contributed by atoms with Crippen molar-refractivity contribution in [1.82, 2.24) is 14.9 Å². The zero-order valence-corrected chi connectivity index (χ0v) is 22.0. The van der Waals surface area contributed by atoms with Gasteiger partial charge in [0.1, 0.15) is 17.8 Å². The minimum atomic E-state index is -4.51. The van der Waals surface area contributed by atoms with Crippen molar-refractivity contribution in [2.24, 2.45) is 0 Å². The lowest BCUT2D eigenvalue weighted by Crippen LogP contribution is -2.47. The molecule has 1 heterocycles. The van der Waals surface area contributed by atoms with E-state index in [4.69, 9.17) is 0 Å². The van der Waals surface area contributed by atoms with Crippen LogP contribution in [0.5, 0.6) is 0 Å². The van der Waals surface area contributed by atoms with Crippen LogP contribution in [0.4, 0.5) is 19.0 Å². The molecule has 0 radical (unpaired) electrons. The Morgan fingerprint density at radius 3 is 2.10 bits per heavy atom. The molecule has 0 aliphatic heterocycles. The van der Waals surface area contributed by atoms with E-state index in [1.807, 2.05) is 66.1 Å². The molecule has 0 bridgehead atoms. The summed E-state index contributed by atoms with van der Waals surface area (Å²) in [6.07, 6.45) is -1.17. The predicted octanol–water partition coefficient (Wildman–Crippen LogP) is 6.26. The minimum absolute atomic E-state index is 0.254. The van der Waals surface area contributed by atoms with Crippen LogP contribution < -0.4 is 10.6 Å². The Balaban J connectivity index is 1.33. The maximum Gasteiger partial charge on any atom is 0.405 e. The molecule has 1 aromatic heterocycles. The predicted molar refractivity (Wildman–Crippen MR) is 147 cm³/mol. The molecule has 0 spiro atoms. The van der Waals surface area contributed by atoms with Gasteiger partial charge in [-0.15, -0.1) is 0 Å². The molecule has 9 heteroatoms. The molecule has 0 fully saturated rings. The SMILES string of the molecule is Cc1nc(NC(=O)c2ccccc2)cn1CCCCC1(C(=O)NCC(F)(F)F)c2ccccc2-c2ccccc21. The van der Waals surface area contributed by atoms with Crippen LogP contribution >= 0.6 is 0 Å². The lowest BCUT2D eigenvalue weighted by molar-refractivity contribution is -0.141. The number of amides is 2. The van der Waals surface area contributed by atoms with Crippen LogP contribution in [0.1, 0.15) is 46.6 Å². The van der Waals surface area contributed by atoms with Crippen LogP contribution in [-0.4, -0.2) is 34.1 Å². The van der Waals surface area contributed by atoms with E-state index in [0.717, 1.165) is 28.1 Å². The Morgan fingerprint density at radius 2 is 1.48 bits per heavy atom. The van der Waals surface area contributed by atoms with Crippen molar-refractivity contribution in [3.63, 3.8) is 0 Å². The zero-order valence-electron chi connectivity index (χ0n) is 22.0. The molecule has 6 nitrogen and oxygen atoms in total. The second-order valence-corrected chi connectivity index (χ2v) is 9.94. The Kier molecular flexibility index (Phi) is 7.47. The summed E-state index contributed by atoms with van der Waals surface area (Å²) in [4.78, 5) is 30.5. The highest BCUT2D eigenvalue weighted by molar-refractivity contribution is 6.03. The number of carbonyl (C=O) groups excluding carboxylic acids is 2. The number of hydrogen-bond donors (Lipinski definition) is 2. The second kappa shape index (κ2) is 11.0. The molecule has 0 saturated heterocycles. The number of fused-ring (bicyclic) bond motifs is 3. The maximum atomic E-state index is 13.6.